The molecule has 0 radical (unpaired) electrons. The van der Waals surface area contributed by atoms with Crippen LogP contribution in [0.1, 0.15) is 19.4 Å². The topological polar surface area (TPSA) is 41.6 Å². The van der Waals surface area contributed by atoms with Crippen LogP contribution in [0.2, 0.25) is 0 Å². The Morgan fingerprint density at radius 2 is 1.41 bits per heavy atom. The van der Waals surface area contributed by atoms with Crippen LogP contribution in [0.4, 0.5) is 11.4 Å². The molecule has 0 aromatic heterocycles. The van der Waals surface area contributed by atoms with Crippen molar-refractivity contribution in [2.45, 2.75) is 20.4 Å². The quantitative estimate of drug-likeness (QED) is 0.525. The normalized spacial score (nSPS) is 9.72. The van der Waals surface area contributed by atoms with Crippen LogP contribution in [0.3, 0.4) is 0 Å². The highest BCUT2D eigenvalue weighted by Crippen LogP contribution is 2.12. The third-order valence-electron chi connectivity index (χ3n) is 4.28. The first-order valence-corrected chi connectivity index (χ1v) is 9.95. The Bertz CT molecular complexity index is 769. The fourth-order valence-corrected chi connectivity index (χ4v) is 2.76. The van der Waals surface area contributed by atoms with Crippen molar-refractivity contribution in [3.63, 3.8) is 0 Å². The number of carbonyl (C=O) groups excluding carboxylic acids is 1. The molecule has 152 valence electrons. The Morgan fingerprint density at radius 1 is 0.862 bits per heavy atom. The highest BCUT2D eigenvalue weighted by molar-refractivity contribution is 5.65. The standard InChI is InChI=1S/C13H13N.C12H17NO2/c1-3-7-12(8-4-1)11-14-13-9-5-2-6-10-13;1-3-13(9-10-15-11(2)14)12-7-5-4-6-8-12/h1-10,14H,11H2;4-8H,3,9-10H2,1-2H3. The first-order valence-electron chi connectivity index (χ1n) is 9.95. The number of hydrogen-bond donors (Lipinski definition) is 1. The van der Waals surface area contributed by atoms with Crippen molar-refractivity contribution in [2.75, 3.05) is 29.9 Å². The molecule has 4 heteroatoms. The van der Waals surface area contributed by atoms with Crippen molar-refractivity contribution in [3.05, 3.63) is 96.6 Å². The zero-order valence-electron chi connectivity index (χ0n) is 17.3. The van der Waals surface area contributed by atoms with Gasteiger partial charge in [0.05, 0.1) is 6.54 Å². The summed E-state index contributed by atoms with van der Waals surface area (Å²) in [7, 11) is 0. The van der Waals surface area contributed by atoms with Crippen LogP contribution in [-0.4, -0.2) is 25.7 Å². The van der Waals surface area contributed by atoms with E-state index in [0.717, 1.165) is 31.0 Å². The second-order valence-electron chi connectivity index (χ2n) is 6.46. The van der Waals surface area contributed by atoms with Gasteiger partial charge in [-0.2, -0.15) is 0 Å². The predicted octanol–water partition coefficient (Wildman–Crippen LogP) is 5.37. The molecule has 0 aliphatic heterocycles. The van der Waals surface area contributed by atoms with E-state index in [4.69, 9.17) is 4.74 Å². The largest absolute Gasteiger partial charge is 0.464 e. The fourth-order valence-electron chi connectivity index (χ4n) is 2.76. The van der Waals surface area contributed by atoms with Gasteiger partial charge in [-0.15, -0.1) is 0 Å². The molecular formula is C25H30N2O2. The van der Waals surface area contributed by atoms with Gasteiger partial charge in [-0.3, -0.25) is 4.79 Å². The molecule has 3 aromatic carbocycles. The van der Waals surface area contributed by atoms with Gasteiger partial charge in [-0.05, 0) is 36.8 Å². The predicted molar refractivity (Wildman–Crippen MR) is 121 cm³/mol. The molecule has 0 aliphatic rings. The molecule has 3 aromatic rings. The van der Waals surface area contributed by atoms with E-state index < -0.39 is 0 Å². The number of nitrogens with zero attached hydrogens (tertiary/aromatic N) is 1. The Labute approximate surface area is 174 Å². The second kappa shape index (κ2) is 13.0. The monoisotopic (exact) mass is 390 g/mol. The van der Waals surface area contributed by atoms with Gasteiger partial charge in [0.2, 0.25) is 0 Å². The number of hydrogen-bond acceptors (Lipinski definition) is 4. The van der Waals surface area contributed by atoms with Crippen LogP contribution in [0.25, 0.3) is 0 Å². The van der Waals surface area contributed by atoms with E-state index in [1.54, 1.807) is 0 Å². The summed E-state index contributed by atoms with van der Waals surface area (Å²) in [6.07, 6.45) is 0. The maximum atomic E-state index is 10.6. The smallest absolute Gasteiger partial charge is 0.302 e. The molecule has 0 amide bonds. The van der Waals surface area contributed by atoms with Gasteiger partial charge in [-0.1, -0.05) is 66.7 Å². The minimum Gasteiger partial charge on any atom is -0.464 e. The Balaban J connectivity index is 0.000000207. The second-order valence-corrected chi connectivity index (χ2v) is 6.46. The molecule has 4 nitrogen and oxygen atoms in total. The average Bonchev–Trinajstić information content (AvgIpc) is 2.78. The maximum absolute atomic E-state index is 10.6. The summed E-state index contributed by atoms with van der Waals surface area (Å²) in [6, 6.07) is 30.7. The number of nitrogens with one attached hydrogen (secondary N) is 1. The summed E-state index contributed by atoms with van der Waals surface area (Å²) in [5.74, 6) is -0.223. The highest BCUT2D eigenvalue weighted by Gasteiger charge is 2.03. The van der Waals surface area contributed by atoms with E-state index >= 15 is 0 Å². The molecule has 0 saturated heterocycles. The zero-order valence-corrected chi connectivity index (χ0v) is 17.3. The van der Waals surface area contributed by atoms with Gasteiger partial charge >= 0.3 is 5.97 Å². The van der Waals surface area contributed by atoms with Crippen LogP contribution in [0.15, 0.2) is 91.0 Å². The zero-order chi connectivity index (χ0) is 20.7. The van der Waals surface area contributed by atoms with Crippen molar-refractivity contribution in [1.29, 1.82) is 0 Å². The number of rotatable bonds is 8. The van der Waals surface area contributed by atoms with Crippen molar-refractivity contribution >= 4 is 17.3 Å². The fraction of sp³-hybridized carbons (Fsp3) is 0.240. The van der Waals surface area contributed by atoms with Crippen LogP contribution >= 0.6 is 0 Å². The van der Waals surface area contributed by atoms with Crippen LogP contribution in [0, 0.1) is 0 Å². The molecule has 0 spiro atoms. The summed E-state index contributed by atoms with van der Waals surface area (Å²) in [5.41, 5.74) is 3.62. The van der Waals surface area contributed by atoms with Gasteiger partial charge in [-0.25, -0.2) is 0 Å². The van der Waals surface area contributed by atoms with Crippen LogP contribution in [0.5, 0.6) is 0 Å². The molecule has 0 aliphatic carbocycles. The molecule has 0 heterocycles. The molecule has 0 bridgehead atoms. The average molecular weight is 391 g/mol. The van der Waals surface area contributed by atoms with Crippen LogP contribution < -0.4 is 10.2 Å². The van der Waals surface area contributed by atoms with Crippen LogP contribution in [-0.2, 0) is 16.1 Å². The number of ether oxygens (including phenoxy) is 1. The summed E-state index contributed by atoms with van der Waals surface area (Å²) >= 11 is 0. The summed E-state index contributed by atoms with van der Waals surface area (Å²) in [4.78, 5) is 12.8. The maximum Gasteiger partial charge on any atom is 0.302 e. The van der Waals surface area contributed by atoms with Crippen molar-refractivity contribution in [2.24, 2.45) is 0 Å². The summed E-state index contributed by atoms with van der Waals surface area (Å²) < 4.78 is 4.92. The van der Waals surface area contributed by atoms with E-state index in [1.807, 2.05) is 42.5 Å². The van der Waals surface area contributed by atoms with Gasteiger partial charge in [0.25, 0.3) is 0 Å². The van der Waals surface area contributed by atoms with E-state index in [0.29, 0.717) is 6.61 Å². The minimum atomic E-state index is -0.223. The van der Waals surface area contributed by atoms with E-state index in [1.165, 1.54) is 12.5 Å². The van der Waals surface area contributed by atoms with Crippen molar-refractivity contribution in [1.82, 2.24) is 0 Å². The number of esters is 1. The lowest BCUT2D eigenvalue weighted by molar-refractivity contribution is -0.140. The molecule has 0 saturated carbocycles. The lowest BCUT2D eigenvalue weighted by Crippen LogP contribution is -2.27. The van der Waals surface area contributed by atoms with E-state index in [9.17, 15) is 4.79 Å². The third kappa shape index (κ3) is 8.98. The molecule has 0 fully saturated rings. The molecule has 29 heavy (non-hydrogen) atoms. The molecule has 0 unspecified atom stereocenters. The lowest BCUT2D eigenvalue weighted by atomic mass is 10.2. The van der Waals surface area contributed by atoms with Gasteiger partial charge in [0.1, 0.15) is 6.61 Å². The van der Waals surface area contributed by atoms with E-state index in [2.05, 4.69) is 65.7 Å². The molecular weight excluding hydrogens is 360 g/mol. The van der Waals surface area contributed by atoms with Gasteiger partial charge in [0, 0.05) is 31.4 Å². The van der Waals surface area contributed by atoms with Gasteiger partial charge < -0.3 is 15.0 Å². The summed E-state index contributed by atoms with van der Waals surface area (Å²) in [6.45, 7) is 6.48. The molecule has 3 rings (SSSR count). The highest BCUT2D eigenvalue weighted by atomic mass is 16.5. The van der Waals surface area contributed by atoms with Crippen molar-refractivity contribution in [3.8, 4) is 0 Å². The number of likely N-dealkylation sites (N-methyl/N-ethyl adjacent to an activating group) is 1. The lowest BCUT2D eigenvalue weighted by Gasteiger charge is -2.22. The third-order valence-corrected chi connectivity index (χ3v) is 4.28. The van der Waals surface area contributed by atoms with Crippen molar-refractivity contribution < 1.29 is 9.53 Å². The first kappa shape index (κ1) is 22.0. The van der Waals surface area contributed by atoms with E-state index in [-0.39, 0.29) is 5.97 Å². The van der Waals surface area contributed by atoms with Gasteiger partial charge in [0.15, 0.2) is 0 Å². The number of benzene rings is 3. The molecule has 1 N–H and O–H groups in total. The number of anilines is 2. The molecule has 0 atom stereocenters. The Morgan fingerprint density at radius 3 is 1.97 bits per heavy atom. The Kier molecular flexibility index (Phi) is 9.87. The minimum absolute atomic E-state index is 0.223. The Hall–Kier alpha value is -3.27. The number of carbonyl (C=O) groups is 1. The summed E-state index contributed by atoms with van der Waals surface area (Å²) in [5, 5.41) is 3.36. The first-order chi connectivity index (χ1) is 14.2. The SMILES string of the molecule is CCN(CCOC(C)=O)c1ccccc1.c1ccc(CNc2ccccc2)cc1. The number of para-hydroxylation sites is 2.